The Kier molecular flexibility index (Phi) is 4.77. The van der Waals surface area contributed by atoms with Crippen molar-refractivity contribution in [3.8, 4) is 0 Å². The van der Waals surface area contributed by atoms with Gasteiger partial charge in [0.25, 0.3) is 0 Å². The molecule has 1 heterocycles. The van der Waals surface area contributed by atoms with E-state index in [2.05, 4.69) is 15.9 Å². The summed E-state index contributed by atoms with van der Waals surface area (Å²) in [6, 6.07) is 5.12. The van der Waals surface area contributed by atoms with Crippen molar-refractivity contribution in [2.24, 2.45) is 0 Å². The molecule has 0 aliphatic carbocycles. The predicted octanol–water partition coefficient (Wildman–Crippen LogP) is 3.53. The van der Waals surface area contributed by atoms with Gasteiger partial charge >= 0.3 is 0 Å². The lowest BCUT2D eigenvalue weighted by atomic mass is 10.1. The van der Waals surface area contributed by atoms with Crippen molar-refractivity contribution < 1.29 is 8.42 Å². The fraction of sp³-hybridized carbons (Fsp3) is 0.286. The first-order chi connectivity index (χ1) is 9.71. The van der Waals surface area contributed by atoms with Crippen molar-refractivity contribution in [2.75, 3.05) is 12.8 Å². The third kappa shape index (κ3) is 3.48. The molecule has 4 nitrogen and oxygen atoms in total. The molecule has 0 saturated heterocycles. The molecule has 0 bridgehead atoms. The van der Waals surface area contributed by atoms with Gasteiger partial charge in [-0.2, -0.15) is 4.31 Å². The van der Waals surface area contributed by atoms with Crippen molar-refractivity contribution in [2.45, 2.75) is 25.3 Å². The number of hydrogen-bond donors (Lipinski definition) is 1. The molecular weight excluding hydrogens is 372 g/mol. The maximum Gasteiger partial charge on any atom is 0.243 e. The second kappa shape index (κ2) is 6.08. The molecule has 0 radical (unpaired) electrons. The normalized spacial score (nSPS) is 12.0. The van der Waals surface area contributed by atoms with E-state index in [0.29, 0.717) is 12.2 Å². The number of hydrogen-bond acceptors (Lipinski definition) is 4. The number of thiophene rings is 1. The monoisotopic (exact) mass is 388 g/mol. The third-order valence-electron chi connectivity index (χ3n) is 3.39. The second-order valence-corrected chi connectivity index (χ2v) is 8.90. The molecule has 0 amide bonds. The molecule has 2 rings (SSSR count). The Hall–Kier alpha value is -0.890. The first kappa shape index (κ1) is 16.5. The first-order valence-corrected chi connectivity index (χ1v) is 9.39. The number of aryl methyl sites for hydroxylation is 1. The zero-order valence-electron chi connectivity index (χ0n) is 12.1. The topological polar surface area (TPSA) is 63.4 Å². The Morgan fingerprint density at radius 2 is 1.95 bits per heavy atom. The van der Waals surface area contributed by atoms with Gasteiger partial charge in [-0.1, -0.05) is 0 Å². The smallest absolute Gasteiger partial charge is 0.243 e. The van der Waals surface area contributed by atoms with Crippen molar-refractivity contribution in [1.82, 2.24) is 4.31 Å². The summed E-state index contributed by atoms with van der Waals surface area (Å²) in [5, 5.41) is 1.93. The van der Waals surface area contributed by atoms with Crippen molar-refractivity contribution in [3.05, 3.63) is 44.1 Å². The molecule has 0 aliphatic heterocycles. The number of nitrogen functional groups attached to an aromatic ring is 1. The van der Waals surface area contributed by atoms with Crippen LogP contribution in [0.4, 0.5) is 5.69 Å². The lowest BCUT2D eigenvalue weighted by Crippen LogP contribution is -2.26. The van der Waals surface area contributed by atoms with Crippen molar-refractivity contribution >= 4 is 43.0 Å². The molecule has 0 unspecified atom stereocenters. The molecule has 1 aromatic heterocycles. The Morgan fingerprint density at radius 1 is 1.29 bits per heavy atom. The Labute approximate surface area is 137 Å². The number of halogens is 1. The first-order valence-electron chi connectivity index (χ1n) is 6.28. The molecule has 0 atom stereocenters. The van der Waals surface area contributed by atoms with Crippen molar-refractivity contribution in [1.29, 1.82) is 0 Å². The van der Waals surface area contributed by atoms with Gasteiger partial charge in [-0.25, -0.2) is 8.42 Å². The van der Waals surface area contributed by atoms with E-state index in [9.17, 15) is 8.42 Å². The molecular formula is C14H17BrN2O2S2. The zero-order valence-corrected chi connectivity index (χ0v) is 15.3. The maximum atomic E-state index is 12.6. The summed E-state index contributed by atoms with van der Waals surface area (Å²) < 4.78 is 27.5. The van der Waals surface area contributed by atoms with E-state index in [1.54, 1.807) is 13.1 Å². The minimum atomic E-state index is -3.54. The molecule has 0 aliphatic rings. The summed E-state index contributed by atoms with van der Waals surface area (Å²) in [5.74, 6) is 0. The van der Waals surface area contributed by atoms with Crippen LogP contribution in [0.3, 0.4) is 0 Å². The van der Waals surface area contributed by atoms with E-state index < -0.39 is 10.0 Å². The quantitative estimate of drug-likeness (QED) is 0.814. The summed E-state index contributed by atoms with van der Waals surface area (Å²) >= 11 is 4.89. The van der Waals surface area contributed by atoms with Crippen molar-refractivity contribution in [3.63, 3.8) is 0 Å². The molecule has 7 heteroatoms. The number of benzene rings is 1. The summed E-state index contributed by atoms with van der Waals surface area (Å²) in [7, 11) is -1.97. The molecule has 114 valence electrons. The Balaban J connectivity index is 2.33. The highest BCUT2D eigenvalue weighted by molar-refractivity contribution is 9.10. The van der Waals surface area contributed by atoms with Crippen LogP contribution >= 0.6 is 27.3 Å². The summed E-state index contributed by atoms with van der Waals surface area (Å²) in [6.45, 7) is 4.08. The predicted molar refractivity (Wildman–Crippen MR) is 91.0 cm³/mol. The maximum absolute atomic E-state index is 12.6. The van der Waals surface area contributed by atoms with Crippen LogP contribution in [0.5, 0.6) is 0 Å². The number of nitrogens with two attached hydrogens (primary N) is 1. The van der Waals surface area contributed by atoms with E-state index in [-0.39, 0.29) is 4.90 Å². The highest BCUT2D eigenvalue weighted by Gasteiger charge is 2.22. The van der Waals surface area contributed by atoms with E-state index in [4.69, 9.17) is 5.73 Å². The summed E-state index contributed by atoms with van der Waals surface area (Å²) in [6.07, 6.45) is 0. The van der Waals surface area contributed by atoms with Crippen LogP contribution in [0.25, 0.3) is 0 Å². The standard InChI is InChI=1S/C14H17BrN2O2S2/c1-9-4-13(6-14(16)10(9)2)21(18,19)17(3)7-12-5-11(15)8-20-12/h4-6,8H,7,16H2,1-3H3. The highest BCUT2D eigenvalue weighted by Crippen LogP contribution is 2.26. The minimum Gasteiger partial charge on any atom is -0.398 e. The molecule has 21 heavy (non-hydrogen) atoms. The molecule has 1 aromatic carbocycles. The molecule has 2 aromatic rings. The van der Waals surface area contributed by atoms with Crippen LogP contribution in [0.2, 0.25) is 0 Å². The SMILES string of the molecule is Cc1cc(S(=O)(=O)N(C)Cc2cc(Br)cs2)cc(N)c1C. The Morgan fingerprint density at radius 3 is 2.48 bits per heavy atom. The second-order valence-electron chi connectivity index (χ2n) is 4.95. The van der Waals surface area contributed by atoms with Crippen LogP contribution in [-0.2, 0) is 16.6 Å². The van der Waals surface area contributed by atoms with E-state index >= 15 is 0 Å². The highest BCUT2D eigenvalue weighted by atomic mass is 79.9. The van der Waals surface area contributed by atoms with Gasteiger partial charge in [0.05, 0.1) is 4.90 Å². The minimum absolute atomic E-state index is 0.237. The van der Waals surface area contributed by atoms with Crippen LogP contribution in [0, 0.1) is 13.8 Å². The van der Waals surface area contributed by atoms with Crippen LogP contribution in [-0.4, -0.2) is 19.8 Å². The van der Waals surface area contributed by atoms with Gasteiger partial charge < -0.3 is 5.73 Å². The number of sulfonamides is 1. The number of rotatable bonds is 4. The van der Waals surface area contributed by atoms with Gasteiger partial charge in [0, 0.05) is 34.0 Å². The Bertz CT molecular complexity index is 746. The van der Waals surface area contributed by atoms with Crippen LogP contribution < -0.4 is 5.73 Å². The van der Waals surface area contributed by atoms with Crippen LogP contribution in [0.15, 0.2) is 32.9 Å². The van der Waals surface area contributed by atoms with E-state index in [1.165, 1.54) is 21.7 Å². The average molecular weight is 389 g/mol. The fourth-order valence-electron chi connectivity index (χ4n) is 1.92. The number of anilines is 1. The average Bonchev–Trinajstić information content (AvgIpc) is 2.80. The van der Waals surface area contributed by atoms with E-state index in [1.807, 2.05) is 25.3 Å². The fourth-order valence-corrected chi connectivity index (χ4v) is 4.78. The van der Waals surface area contributed by atoms with Gasteiger partial charge in [0.2, 0.25) is 10.0 Å². The summed E-state index contributed by atoms with van der Waals surface area (Å²) in [4.78, 5) is 1.21. The zero-order chi connectivity index (χ0) is 15.8. The molecule has 0 spiro atoms. The molecule has 0 fully saturated rings. The van der Waals surface area contributed by atoms with Gasteiger partial charge in [-0.05, 0) is 59.1 Å². The van der Waals surface area contributed by atoms with Gasteiger partial charge in [-0.15, -0.1) is 11.3 Å². The van der Waals surface area contributed by atoms with Crippen LogP contribution in [0.1, 0.15) is 16.0 Å². The van der Waals surface area contributed by atoms with Gasteiger partial charge in [-0.3, -0.25) is 0 Å². The third-order valence-corrected chi connectivity index (χ3v) is 6.85. The lowest BCUT2D eigenvalue weighted by molar-refractivity contribution is 0.469. The molecule has 0 saturated carbocycles. The largest absolute Gasteiger partial charge is 0.398 e. The lowest BCUT2D eigenvalue weighted by Gasteiger charge is -2.18. The molecule has 2 N–H and O–H groups in total. The van der Waals surface area contributed by atoms with E-state index in [0.717, 1.165) is 20.5 Å². The number of nitrogens with zero attached hydrogens (tertiary/aromatic N) is 1. The van der Waals surface area contributed by atoms with Gasteiger partial charge in [0.1, 0.15) is 0 Å². The van der Waals surface area contributed by atoms with Gasteiger partial charge in [0.15, 0.2) is 0 Å². The summed E-state index contributed by atoms with van der Waals surface area (Å²) in [5.41, 5.74) is 8.18.